The molecule has 3 heterocycles. The summed E-state index contributed by atoms with van der Waals surface area (Å²) in [5.74, 6) is -0.0767. The molecule has 0 bridgehead atoms. The number of rotatable bonds is 2. The second-order valence-corrected chi connectivity index (χ2v) is 6.12. The first-order valence-corrected chi connectivity index (χ1v) is 7.61. The van der Waals surface area contributed by atoms with Crippen LogP contribution in [0.5, 0.6) is 0 Å². The Balaban J connectivity index is 1.75. The number of furan rings is 1. The molecule has 1 saturated heterocycles. The molecule has 0 aliphatic carbocycles. The third-order valence-corrected chi connectivity index (χ3v) is 4.76. The summed E-state index contributed by atoms with van der Waals surface area (Å²) < 4.78 is 5.31. The van der Waals surface area contributed by atoms with Gasteiger partial charge in [0.25, 0.3) is 5.91 Å². The van der Waals surface area contributed by atoms with Gasteiger partial charge in [0.2, 0.25) is 5.91 Å². The summed E-state index contributed by atoms with van der Waals surface area (Å²) in [7, 11) is 0. The van der Waals surface area contributed by atoms with Gasteiger partial charge in [-0.1, -0.05) is 17.9 Å². The molecule has 21 heavy (non-hydrogen) atoms. The second-order valence-electron chi connectivity index (χ2n) is 5.11. The van der Waals surface area contributed by atoms with Crippen molar-refractivity contribution in [3.05, 3.63) is 35.9 Å². The molecular formula is C15H16N2O3S. The first-order chi connectivity index (χ1) is 10.1. The third kappa shape index (κ3) is 2.47. The number of carbonyl (C=O) groups is 2. The highest BCUT2D eigenvalue weighted by Gasteiger charge is 2.30. The highest BCUT2D eigenvalue weighted by molar-refractivity contribution is 7.20. The van der Waals surface area contributed by atoms with Gasteiger partial charge in [0.15, 0.2) is 4.90 Å². The van der Waals surface area contributed by atoms with Gasteiger partial charge in [-0.2, -0.15) is 0 Å². The smallest absolute Gasteiger partial charge is 0.264 e. The van der Waals surface area contributed by atoms with E-state index in [-0.39, 0.29) is 17.9 Å². The van der Waals surface area contributed by atoms with E-state index in [4.69, 9.17) is 4.42 Å². The van der Waals surface area contributed by atoms with Crippen LogP contribution in [0.25, 0.3) is 10.3 Å². The normalized spacial score (nSPS) is 19.0. The standard InChI is InChI=1S/C15H16N2O3S/c1-3-13(18)16-5-6-17(10(2)9-16)14(19)12-8-11-4-7-20-15(11)21-12/h3-4,7-8,10H,1,5-6,9H2,2H3/t10-/m0/s1. The molecule has 0 aromatic carbocycles. The van der Waals surface area contributed by atoms with Crippen molar-refractivity contribution in [2.24, 2.45) is 0 Å². The Hall–Kier alpha value is -2.08. The highest BCUT2D eigenvalue weighted by Crippen LogP contribution is 2.28. The number of fused-ring (bicyclic) bond motifs is 1. The molecule has 2 amide bonds. The maximum absolute atomic E-state index is 12.6. The van der Waals surface area contributed by atoms with Gasteiger partial charge in [0.1, 0.15) is 0 Å². The molecule has 0 spiro atoms. The Bertz CT molecular complexity index is 674. The number of thiophene rings is 1. The fourth-order valence-electron chi connectivity index (χ4n) is 2.60. The molecule has 0 N–H and O–H groups in total. The summed E-state index contributed by atoms with van der Waals surface area (Å²) in [6, 6.07) is 3.70. The van der Waals surface area contributed by atoms with Crippen molar-refractivity contribution >= 4 is 33.4 Å². The molecule has 5 nitrogen and oxygen atoms in total. The van der Waals surface area contributed by atoms with Crippen LogP contribution in [0.4, 0.5) is 0 Å². The fraction of sp³-hybridized carbons (Fsp3) is 0.333. The predicted molar refractivity (Wildman–Crippen MR) is 81.4 cm³/mol. The summed E-state index contributed by atoms with van der Waals surface area (Å²) in [5, 5.41) is 0.955. The molecule has 1 aliphatic heterocycles. The van der Waals surface area contributed by atoms with E-state index in [0.717, 1.165) is 10.3 Å². The molecule has 110 valence electrons. The lowest BCUT2D eigenvalue weighted by molar-refractivity contribution is -0.128. The summed E-state index contributed by atoms with van der Waals surface area (Å²) in [4.78, 5) is 29.2. The topological polar surface area (TPSA) is 53.8 Å². The van der Waals surface area contributed by atoms with Crippen LogP contribution in [0, 0.1) is 0 Å². The van der Waals surface area contributed by atoms with Gasteiger partial charge in [0.05, 0.1) is 11.1 Å². The van der Waals surface area contributed by atoms with Crippen LogP contribution in [0.2, 0.25) is 0 Å². The first-order valence-electron chi connectivity index (χ1n) is 6.79. The molecule has 0 saturated carbocycles. The molecule has 1 aliphatic rings. The van der Waals surface area contributed by atoms with Crippen molar-refractivity contribution in [2.75, 3.05) is 19.6 Å². The van der Waals surface area contributed by atoms with Gasteiger partial charge in [-0.15, -0.1) is 0 Å². The van der Waals surface area contributed by atoms with Crippen LogP contribution in [0.1, 0.15) is 16.6 Å². The minimum absolute atomic E-state index is 0.00426. The maximum atomic E-state index is 12.6. The van der Waals surface area contributed by atoms with Crippen molar-refractivity contribution in [1.29, 1.82) is 0 Å². The predicted octanol–water partition coefficient (Wildman–Crippen LogP) is 2.35. The number of hydrogen-bond donors (Lipinski definition) is 0. The Labute approximate surface area is 126 Å². The van der Waals surface area contributed by atoms with E-state index in [1.54, 1.807) is 11.2 Å². The van der Waals surface area contributed by atoms with Crippen molar-refractivity contribution in [2.45, 2.75) is 13.0 Å². The zero-order valence-corrected chi connectivity index (χ0v) is 12.6. The summed E-state index contributed by atoms with van der Waals surface area (Å²) >= 11 is 1.36. The summed E-state index contributed by atoms with van der Waals surface area (Å²) in [5.41, 5.74) is 0. The molecule has 2 aromatic rings. The van der Waals surface area contributed by atoms with Gasteiger partial charge in [0, 0.05) is 31.1 Å². The summed E-state index contributed by atoms with van der Waals surface area (Å²) in [6.45, 7) is 7.08. The van der Waals surface area contributed by atoms with Crippen LogP contribution in [0.3, 0.4) is 0 Å². The quantitative estimate of drug-likeness (QED) is 0.800. The number of amides is 2. The fourth-order valence-corrected chi connectivity index (χ4v) is 3.54. The number of nitrogens with zero attached hydrogens (tertiary/aromatic N) is 2. The second kappa shape index (κ2) is 5.37. The minimum atomic E-state index is -0.0809. The molecule has 0 radical (unpaired) electrons. The number of piperazine rings is 1. The Kier molecular flexibility index (Phi) is 3.55. The molecule has 2 aromatic heterocycles. The lowest BCUT2D eigenvalue weighted by Crippen LogP contribution is -2.55. The molecule has 0 unspecified atom stereocenters. The van der Waals surface area contributed by atoms with Crippen molar-refractivity contribution in [1.82, 2.24) is 9.80 Å². The van der Waals surface area contributed by atoms with Crippen LogP contribution in [-0.2, 0) is 4.79 Å². The van der Waals surface area contributed by atoms with Gasteiger partial charge in [-0.05, 0) is 25.1 Å². The first kappa shape index (κ1) is 13.9. The average Bonchev–Trinajstić information content (AvgIpc) is 3.06. The van der Waals surface area contributed by atoms with E-state index in [9.17, 15) is 9.59 Å². The van der Waals surface area contributed by atoms with Gasteiger partial charge in [-0.3, -0.25) is 9.59 Å². The van der Waals surface area contributed by atoms with E-state index in [0.29, 0.717) is 24.5 Å². The van der Waals surface area contributed by atoms with Crippen LogP contribution in [0.15, 0.2) is 35.5 Å². The van der Waals surface area contributed by atoms with Gasteiger partial charge >= 0.3 is 0 Å². The largest absolute Gasteiger partial charge is 0.454 e. The molecule has 1 atom stereocenters. The Morgan fingerprint density at radius 3 is 2.95 bits per heavy atom. The van der Waals surface area contributed by atoms with Gasteiger partial charge < -0.3 is 14.2 Å². The minimum Gasteiger partial charge on any atom is -0.454 e. The molecule has 6 heteroatoms. The number of carbonyl (C=O) groups excluding carboxylic acids is 2. The van der Waals surface area contributed by atoms with Crippen molar-refractivity contribution in [3.8, 4) is 0 Å². The monoisotopic (exact) mass is 304 g/mol. The van der Waals surface area contributed by atoms with Gasteiger partial charge in [-0.25, -0.2) is 0 Å². The van der Waals surface area contributed by atoms with E-state index in [1.807, 2.05) is 24.0 Å². The molecule has 1 fully saturated rings. The van der Waals surface area contributed by atoms with Crippen LogP contribution < -0.4 is 0 Å². The van der Waals surface area contributed by atoms with Crippen molar-refractivity contribution in [3.63, 3.8) is 0 Å². The van der Waals surface area contributed by atoms with E-state index >= 15 is 0 Å². The van der Waals surface area contributed by atoms with E-state index < -0.39 is 0 Å². The molecule has 3 rings (SSSR count). The lowest BCUT2D eigenvalue weighted by Gasteiger charge is -2.39. The van der Waals surface area contributed by atoms with E-state index in [1.165, 1.54) is 17.4 Å². The van der Waals surface area contributed by atoms with Crippen molar-refractivity contribution < 1.29 is 14.0 Å². The zero-order chi connectivity index (χ0) is 15.0. The summed E-state index contributed by atoms with van der Waals surface area (Å²) in [6.07, 6.45) is 2.94. The maximum Gasteiger partial charge on any atom is 0.264 e. The Morgan fingerprint density at radius 1 is 1.48 bits per heavy atom. The SMILES string of the molecule is C=CC(=O)N1CCN(C(=O)c2cc3ccoc3s2)[C@@H](C)C1. The third-order valence-electron chi connectivity index (χ3n) is 3.73. The van der Waals surface area contributed by atoms with Crippen LogP contribution >= 0.6 is 11.3 Å². The lowest BCUT2D eigenvalue weighted by atomic mass is 10.1. The Morgan fingerprint density at radius 2 is 2.29 bits per heavy atom. The van der Waals surface area contributed by atoms with E-state index in [2.05, 4.69) is 6.58 Å². The van der Waals surface area contributed by atoms with Crippen LogP contribution in [-0.4, -0.2) is 47.3 Å². The number of hydrogen-bond acceptors (Lipinski definition) is 4. The highest BCUT2D eigenvalue weighted by atomic mass is 32.1. The zero-order valence-electron chi connectivity index (χ0n) is 11.7. The molecular weight excluding hydrogens is 288 g/mol. The average molecular weight is 304 g/mol.